The van der Waals surface area contributed by atoms with Crippen LogP contribution >= 0.6 is 12.2 Å². The number of benzene rings is 2. The predicted octanol–water partition coefficient (Wildman–Crippen LogP) is 4.85. The van der Waals surface area contributed by atoms with E-state index in [-0.39, 0.29) is 23.1 Å². The molecule has 0 unspecified atom stereocenters. The summed E-state index contributed by atoms with van der Waals surface area (Å²) in [6.07, 6.45) is -2.21. The summed E-state index contributed by atoms with van der Waals surface area (Å²) in [4.78, 5) is 27.5. The lowest BCUT2D eigenvalue weighted by atomic mass is 9.75. The number of hydrogen-bond donors (Lipinski definition) is 1. The van der Waals surface area contributed by atoms with Gasteiger partial charge in [0.05, 0.1) is 22.9 Å². The van der Waals surface area contributed by atoms with E-state index < -0.39 is 34.6 Å². The molecule has 0 aromatic heterocycles. The molecule has 1 saturated heterocycles. The summed E-state index contributed by atoms with van der Waals surface area (Å²) in [6.45, 7) is 0. The van der Waals surface area contributed by atoms with Crippen molar-refractivity contribution in [1.29, 1.82) is 5.26 Å². The number of nitriles is 1. The predicted molar refractivity (Wildman–Crippen MR) is 129 cm³/mol. The average molecular weight is 519 g/mol. The van der Waals surface area contributed by atoms with Crippen molar-refractivity contribution in [2.75, 3.05) is 16.8 Å². The van der Waals surface area contributed by atoms with Crippen LogP contribution in [0, 0.1) is 17.1 Å². The van der Waals surface area contributed by atoms with E-state index in [1.54, 1.807) is 12.1 Å². The van der Waals surface area contributed by atoms with Crippen LogP contribution < -0.4 is 15.1 Å². The minimum absolute atomic E-state index is 0.0516. The Labute approximate surface area is 210 Å². The Morgan fingerprint density at radius 1 is 1.19 bits per heavy atom. The van der Waals surface area contributed by atoms with E-state index in [1.807, 2.05) is 0 Å². The van der Waals surface area contributed by atoms with Crippen LogP contribution in [-0.4, -0.2) is 29.5 Å². The topological polar surface area (TPSA) is 76.4 Å². The van der Waals surface area contributed by atoms with Crippen LogP contribution in [0.15, 0.2) is 36.4 Å². The minimum Gasteiger partial charge on any atom is -0.359 e. The van der Waals surface area contributed by atoms with Gasteiger partial charge in [-0.05, 0) is 80.2 Å². The Morgan fingerprint density at radius 3 is 2.44 bits per heavy atom. The normalized spacial score (nSPS) is 16.8. The molecule has 2 aromatic rings. The number of nitrogens with zero attached hydrogens (tertiary/aromatic N) is 3. The van der Waals surface area contributed by atoms with Gasteiger partial charge >= 0.3 is 6.18 Å². The Balaban J connectivity index is 1.67. The number of hydrogen-bond acceptors (Lipinski definition) is 4. The summed E-state index contributed by atoms with van der Waals surface area (Å²) in [7, 11) is 1.53. The maximum Gasteiger partial charge on any atom is 0.417 e. The monoisotopic (exact) mass is 518 g/mol. The van der Waals surface area contributed by atoms with E-state index in [2.05, 4.69) is 5.32 Å². The van der Waals surface area contributed by atoms with Crippen LogP contribution in [0.25, 0.3) is 0 Å². The van der Waals surface area contributed by atoms with Crippen molar-refractivity contribution in [2.24, 2.45) is 0 Å². The van der Waals surface area contributed by atoms with Gasteiger partial charge in [0, 0.05) is 19.2 Å². The molecule has 1 heterocycles. The maximum absolute atomic E-state index is 15.0. The Bertz CT molecular complexity index is 1280. The van der Waals surface area contributed by atoms with Gasteiger partial charge in [0.25, 0.3) is 5.91 Å². The molecule has 1 spiro atoms. The maximum atomic E-state index is 15.0. The van der Waals surface area contributed by atoms with Gasteiger partial charge in [0.2, 0.25) is 5.91 Å². The van der Waals surface area contributed by atoms with Gasteiger partial charge < -0.3 is 10.2 Å². The number of rotatable bonds is 6. The summed E-state index contributed by atoms with van der Waals surface area (Å²) in [5.74, 6) is -1.14. The second-order valence-corrected chi connectivity index (χ2v) is 9.15. The fraction of sp³-hybridized carbons (Fsp3) is 0.360. The first-order valence-electron chi connectivity index (χ1n) is 11.3. The Hall–Kier alpha value is -3.52. The van der Waals surface area contributed by atoms with Crippen LogP contribution in [0.1, 0.15) is 48.8 Å². The molecular formula is C25H22F4N4O2S. The van der Waals surface area contributed by atoms with Crippen molar-refractivity contribution >= 4 is 40.5 Å². The van der Waals surface area contributed by atoms with E-state index in [4.69, 9.17) is 17.5 Å². The van der Waals surface area contributed by atoms with E-state index in [0.29, 0.717) is 43.4 Å². The van der Waals surface area contributed by atoms with Crippen molar-refractivity contribution in [1.82, 2.24) is 5.32 Å². The zero-order valence-electron chi connectivity index (χ0n) is 19.3. The number of carbonyl (C=O) groups is 2. The second-order valence-electron chi connectivity index (χ2n) is 8.79. The van der Waals surface area contributed by atoms with Crippen molar-refractivity contribution in [2.45, 2.75) is 50.2 Å². The number of anilines is 2. The van der Waals surface area contributed by atoms with Crippen LogP contribution in [-0.2, 0) is 22.2 Å². The first-order chi connectivity index (χ1) is 17.0. The lowest BCUT2D eigenvalue weighted by molar-refractivity contribution is -0.137. The van der Waals surface area contributed by atoms with E-state index in [0.717, 1.165) is 17.0 Å². The van der Waals surface area contributed by atoms with Gasteiger partial charge in [-0.2, -0.15) is 18.4 Å². The third kappa shape index (κ3) is 4.30. The standard InChI is InChI=1S/C25H22F4N4O2S/c1-31-21(34)5-2-4-15-6-9-18(13-20(15)26)33-23(36)32(22(35)24(33)10-3-11-24)17-8-7-16(14-30)19(12-17)25(27,28)29/h6-9,12-13H,2-5,10-11H2,1H3,(H,31,34). The third-order valence-electron chi connectivity index (χ3n) is 6.70. The molecular weight excluding hydrogens is 496 g/mol. The molecule has 2 aliphatic rings. The van der Waals surface area contributed by atoms with Gasteiger partial charge in [-0.25, -0.2) is 4.39 Å². The van der Waals surface area contributed by atoms with Crippen molar-refractivity contribution in [3.05, 3.63) is 58.9 Å². The molecule has 6 nitrogen and oxygen atoms in total. The average Bonchev–Trinajstić information content (AvgIpc) is 3.05. The number of thiocarbonyl (C=S) groups is 1. The smallest absolute Gasteiger partial charge is 0.359 e. The molecule has 0 radical (unpaired) electrons. The first kappa shape index (κ1) is 25.6. The Morgan fingerprint density at radius 2 is 1.89 bits per heavy atom. The highest BCUT2D eigenvalue weighted by Crippen LogP contribution is 2.48. The molecule has 0 bridgehead atoms. The van der Waals surface area contributed by atoms with Crippen molar-refractivity contribution in [3.8, 4) is 6.07 Å². The molecule has 1 aliphatic carbocycles. The molecule has 1 aliphatic heterocycles. The highest BCUT2D eigenvalue weighted by atomic mass is 32.1. The third-order valence-corrected chi connectivity index (χ3v) is 7.07. The highest BCUT2D eigenvalue weighted by molar-refractivity contribution is 7.81. The summed E-state index contributed by atoms with van der Waals surface area (Å²) in [5.41, 5.74) is -2.19. The molecule has 36 heavy (non-hydrogen) atoms. The van der Waals surface area contributed by atoms with Crippen LogP contribution in [0.5, 0.6) is 0 Å². The lowest BCUT2D eigenvalue weighted by Crippen LogP contribution is -2.55. The number of aryl methyl sites for hydroxylation is 1. The molecule has 188 valence electrons. The molecule has 2 amide bonds. The van der Waals surface area contributed by atoms with Crippen LogP contribution in [0.2, 0.25) is 0 Å². The van der Waals surface area contributed by atoms with Crippen molar-refractivity contribution in [3.63, 3.8) is 0 Å². The van der Waals surface area contributed by atoms with Gasteiger partial charge in [0.15, 0.2) is 5.11 Å². The van der Waals surface area contributed by atoms with E-state index in [9.17, 15) is 27.2 Å². The largest absolute Gasteiger partial charge is 0.417 e. The first-order valence-corrected chi connectivity index (χ1v) is 11.7. The zero-order chi connectivity index (χ0) is 26.3. The van der Waals surface area contributed by atoms with Crippen molar-refractivity contribution < 1.29 is 27.2 Å². The summed E-state index contributed by atoms with van der Waals surface area (Å²) >= 11 is 5.56. The lowest BCUT2D eigenvalue weighted by Gasteiger charge is -2.43. The minimum atomic E-state index is -4.80. The summed E-state index contributed by atoms with van der Waals surface area (Å²) in [5, 5.41) is 11.5. The number of nitrogens with one attached hydrogen (secondary N) is 1. The van der Waals surface area contributed by atoms with Gasteiger partial charge in [0.1, 0.15) is 11.4 Å². The quantitative estimate of drug-likeness (QED) is 0.437. The fourth-order valence-corrected chi connectivity index (χ4v) is 5.12. The van der Waals surface area contributed by atoms with Gasteiger partial charge in [-0.15, -0.1) is 0 Å². The SMILES string of the molecule is CNC(=O)CCCc1ccc(N2C(=S)N(c3ccc(C#N)c(C(F)(F)F)c3)C(=O)C23CCC3)cc1F. The number of carbonyl (C=O) groups excluding carboxylic acids is 2. The molecule has 4 rings (SSSR count). The molecule has 2 aromatic carbocycles. The van der Waals surface area contributed by atoms with E-state index >= 15 is 0 Å². The molecule has 2 fully saturated rings. The van der Waals surface area contributed by atoms with Gasteiger partial charge in [-0.3, -0.25) is 14.5 Å². The molecule has 1 N–H and O–H groups in total. The molecule has 0 atom stereocenters. The molecule has 1 saturated carbocycles. The zero-order valence-corrected chi connectivity index (χ0v) is 20.1. The second kappa shape index (κ2) is 9.50. The number of amides is 2. The summed E-state index contributed by atoms with van der Waals surface area (Å²) in [6, 6.07) is 8.99. The van der Waals surface area contributed by atoms with Gasteiger partial charge in [-0.1, -0.05) is 6.07 Å². The van der Waals surface area contributed by atoms with Crippen LogP contribution in [0.3, 0.4) is 0 Å². The Kier molecular flexibility index (Phi) is 6.75. The summed E-state index contributed by atoms with van der Waals surface area (Å²) < 4.78 is 55.6. The van der Waals surface area contributed by atoms with Crippen LogP contribution in [0.4, 0.5) is 28.9 Å². The number of halogens is 4. The molecule has 11 heteroatoms. The van der Waals surface area contributed by atoms with E-state index in [1.165, 1.54) is 30.1 Å². The highest BCUT2D eigenvalue weighted by Gasteiger charge is 2.59. The fourth-order valence-electron chi connectivity index (χ4n) is 4.65. The number of alkyl halides is 3.